The van der Waals surface area contributed by atoms with Crippen molar-refractivity contribution in [2.75, 3.05) is 11.9 Å². The highest BCUT2D eigenvalue weighted by Gasteiger charge is 2.53. The van der Waals surface area contributed by atoms with Gasteiger partial charge in [-0.05, 0) is 45.4 Å². The van der Waals surface area contributed by atoms with Crippen LogP contribution in [0.25, 0.3) is 0 Å². The van der Waals surface area contributed by atoms with Crippen LogP contribution in [0.3, 0.4) is 0 Å². The van der Waals surface area contributed by atoms with Gasteiger partial charge in [0.15, 0.2) is 12.2 Å². The first-order chi connectivity index (χ1) is 20.9. The molecular formula is C29H40N2O14. The Labute approximate surface area is 259 Å². The molecule has 16 nitrogen and oxygen atoms in total. The number of esters is 4. The van der Waals surface area contributed by atoms with E-state index < -0.39 is 91.4 Å². The molecule has 2 rings (SSSR count). The van der Waals surface area contributed by atoms with Gasteiger partial charge in [-0.25, -0.2) is 4.79 Å². The zero-order chi connectivity index (χ0) is 34.1. The zero-order valence-electron chi connectivity index (χ0n) is 26.4. The summed E-state index contributed by atoms with van der Waals surface area (Å²) >= 11 is 0. The van der Waals surface area contributed by atoms with Crippen molar-refractivity contribution in [3.8, 4) is 5.75 Å². The number of aliphatic hydroxyl groups excluding tert-OH is 1. The van der Waals surface area contributed by atoms with Crippen LogP contribution in [0.4, 0.5) is 10.5 Å². The Morgan fingerprint density at radius 1 is 0.889 bits per heavy atom. The summed E-state index contributed by atoms with van der Waals surface area (Å²) in [6.07, 6.45) is -8.15. The monoisotopic (exact) mass is 640 g/mol. The number of nitrogens with one attached hydrogen (secondary N) is 2. The highest BCUT2D eigenvalue weighted by Crippen LogP contribution is 2.34. The lowest BCUT2D eigenvalue weighted by Crippen LogP contribution is -2.63. The minimum atomic E-state index is -1.60. The van der Waals surface area contributed by atoms with E-state index in [-0.39, 0.29) is 11.4 Å². The number of alkyl carbamates (subject to hydrolysis) is 1. The number of carbonyl (C=O) groups excluding carboxylic acids is 6. The second kappa shape index (κ2) is 16.0. The summed E-state index contributed by atoms with van der Waals surface area (Å²) in [6, 6.07) is 3.18. The molecule has 0 aromatic heterocycles. The van der Waals surface area contributed by atoms with E-state index in [4.69, 9.17) is 33.2 Å². The van der Waals surface area contributed by atoms with Crippen molar-refractivity contribution in [2.45, 2.75) is 104 Å². The van der Waals surface area contributed by atoms with E-state index in [1.54, 1.807) is 20.8 Å². The van der Waals surface area contributed by atoms with Crippen LogP contribution in [-0.2, 0) is 59.0 Å². The number of benzene rings is 1. The lowest BCUT2D eigenvalue weighted by molar-refractivity contribution is -0.288. The van der Waals surface area contributed by atoms with Crippen LogP contribution >= 0.6 is 0 Å². The second-order valence-electron chi connectivity index (χ2n) is 11.0. The van der Waals surface area contributed by atoms with Crippen molar-refractivity contribution in [3.05, 3.63) is 23.8 Å². The smallest absolute Gasteiger partial charge is 0.408 e. The largest absolute Gasteiger partial charge is 0.463 e. The Bertz CT molecular complexity index is 1260. The van der Waals surface area contributed by atoms with Gasteiger partial charge in [-0.15, -0.1) is 0 Å². The van der Waals surface area contributed by atoms with Crippen molar-refractivity contribution in [3.63, 3.8) is 0 Å². The molecule has 250 valence electrons. The fourth-order valence-corrected chi connectivity index (χ4v) is 4.07. The van der Waals surface area contributed by atoms with E-state index in [9.17, 15) is 33.9 Å². The number of ether oxygens (including phenoxy) is 7. The standard InChI is InChI=1S/C29H40N2O14/c1-14(30-28(38)45-29(6,7)8)26(37)31-20-10-9-19(12-32)11-21(20)43-27-25(42-18(5)36)24(41-17(4)35)23(40-16(3)34)22(44-27)13-39-15(2)33/h9-11,14,22-25,27,32H,12-13H2,1-8H3,(H,30,38)(H,31,37)/t14-,22?,23?,24?,25?,27?/m0/s1. The van der Waals surface area contributed by atoms with Gasteiger partial charge >= 0.3 is 30.0 Å². The maximum absolute atomic E-state index is 13.0. The molecule has 1 aliphatic rings. The molecule has 3 N–H and O–H groups in total. The third-order valence-corrected chi connectivity index (χ3v) is 5.80. The summed E-state index contributed by atoms with van der Waals surface area (Å²) in [6.45, 7) is 9.87. The second-order valence-corrected chi connectivity index (χ2v) is 11.0. The van der Waals surface area contributed by atoms with E-state index in [0.717, 1.165) is 27.7 Å². The van der Waals surface area contributed by atoms with E-state index in [1.165, 1.54) is 25.1 Å². The van der Waals surface area contributed by atoms with Gasteiger partial charge in [0.1, 0.15) is 30.1 Å². The van der Waals surface area contributed by atoms with Gasteiger partial charge in [0.2, 0.25) is 18.3 Å². The highest BCUT2D eigenvalue weighted by molar-refractivity contribution is 5.97. The van der Waals surface area contributed by atoms with Crippen molar-refractivity contribution in [2.24, 2.45) is 0 Å². The molecule has 2 amide bonds. The lowest BCUT2D eigenvalue weighted by Gasteiger charge is -2.44. The molecule has 0 radical (unpaired) electrons. The maximum atomic E-state index is 13.0. The van der Waals surface area contributed by atoms with Crippen LogP contribution in [0.2, 0.25) is 0 Å². The minimum Gasteiger partial charge on any atom is -0.463 e. The van der Waals surface area contributed by atoms with E-state index >= 15 is 0 Å². The van der Waals surface area contributed by atoms with E-state index in [0.29, 0.717) is 5.56 Å². The number of amides is 2. The van der Waals surface area contributed by atoms with E-state index in [2.05, 4.69) is 10.6 Å². The first-order valence-electron chi connectivity index (χ1n) is 13.9. The molecule has 0 spiro atoms. The lowest BCUT2D eigenvalue weighted by atomic mass is 9.98. The van der Waals surface area contributed by atoms with Gasteiger partial charge in [-0.3, -0.25) is 24.0 Å². The molecule has 1 aromatic rings. The van der Waals surface area contributed by atoms with Gasteiger partial charge in [-0.1, -0.05) is 6.07 Å². The molecule has 6 atom stereocenters. The number of hydrogen-bond acceptors (Lipinski definition) is 14. The topological polar surface area (TPSA) is 211 Å². The van der Waals surface area contributed by atoms with E-state index in [1.807, 2.05) is 0 Å². The zero-order valence-corrected chi connectivity index (χ0v) is 26.4. The molecule has 0 saturated carbocycles. The van der Waals surface area contributed by atoms with Gasteiger partial charge in [0.25, 0.3) is 0 Å². The average Bonchev–Trinajstić information content (AvgIpc) is 2.89. The first kappa shape index (κ1) is 36.8. The Kier molecular flexibility index (Phi) is 13.1. The summed E-state index contributed by atoms with van der Waals surface area (Å²) < 4.78 is 38.4. The predicted octanol–water partition coefficient (Wildman–Crippen LogP) is 1.49. The molecule has 5 unspecified atom stereocenters. The van der Waals surface area contributed by atoms with Crippen molar-refractivity contribution < 1.29 is 67.0 Å². The van der Waals surface area contributed by atoms with Crippen LogP contribution in [0, 0.1) is 0 Å². The Morgan fingerprint density at radius 2 is 1.47 bits per heavy atom. The van der Waals surface area contributed by atoms with Gasteiger partial charge in [0, 0.05) is 27.7 Å². The molecular weight excluding hydrogens is 600 g/mol. The van der Waals surface area contributed by atoms with Crippen LogP contribution in [-0.4, -0.2) is 89.9 Å². The van der Waals surface area contributed by atoms with Crippen molar-refractivity contribution in [1.82, 2.24) is 5.32 Å². The number of carbonyl (C=O) groups is 6. The van der Waals surface area contributed by atoms with Crippen LogP contribution < -0.4 is 15.4 Å². The van der Waals surface area contributed by atoms with Crippen molar-refractivity contribution in [1.29, 1.82) is 0 Å². The molecule has 0 aliphatic carbocycles. The highest BCUT2D eigenvalue weighted by atomic mass is 16.7. The Morgan fingerprint density at radius 3 is 2.00 bits per heavy atom. The van der Waals surface area contributed by atoms with Crippen molar-refractivity contribution >= 4 is 41.6 Å². The summed E-state index contributed by atoms with van der Waals surface area (Å²) in [5.41, 5.74) is -0.414. The van der Waals surface area contributed by atoms with Crippen LogP contribution in [0.5, 0.6) is 5.75 Å². The number of rotatable bonds is 11. The van der Waals surface area contributed by atoms with Gasteiger partial charge in [-0.2, -0.15) is 0 Å². The quantitative estimate of drug-likeness (QED) is 0.231. The maximum Gasteiger partial charge on any atom is 0.408 e. The number of aliphatic hydroxyl groups is 1. The summed E-state index contributed by atoms with van der Waals surface area (Å²) in [7, 11) is 0. The average molecular weight is 641 g/mol. The number of anilines is 1. The Hall–Kier alpha value is -4.44. The SMILES string of the molecule is CC(=O)OCC1OC(Oc2cc(CO)ccc2NC(=O)[C@H](C)NC(=O)OC(C)(C)C)C(OC(C)=O)C(OC(C)=O)C1OC(C)=O. The third kappa shape index (κ3) is 11.9. The normalized spacial score (nSPS) is 21.8. The summed E-state index contributed by atoms with van der Waals surface area (Å²) in [4.78, 5) is 73.0. The fourth-order valence-electron chi connectivity index (χ4n) is 4.07. The predicted molar refractivity (Wildman–Crippen MR) is 152 cm³/mol. The third-order valence-electron chi connectivity index (χ3n) is 5.80. The van der Waals surface area contributed by atoms with Gasteiger partial charge < -0.3 is 48.9 Å². The molecule has 1 fully saturated rings. The van der Waals surface area contributed by atoms with Crippen LogP contribution in [0.1, 0.15) is 61.0 Å². The molecule has 1 aromatic carbocycles. The fraction of sp³-hybridized carbons (Fsp3) is 0.586. The van der Waals surface area contributed by atoms with Gasteiger partial charge in [0.05, 0.1) is 12.3 Å². The molecule has 16 heteroatoms. The Balaban J connectivity index is 2.49. The van der Waals surface area contributed by atoms with Crippen LogP contribution in [0.15, 0.2) is 18.2 Å². The summed E-state index contributed by atoms with van der Waals surface area (Å²) in [5.74, 6) is -3.94. The molecule has 1 heterocycles. The first-order valence-corrected chi connectivity index (χ1v) is 13.9. The molecule has 45 heavy (non-hydrogen) atoms. The molecule has 1 saturated heterocycles. The number of hydrogen-bond donors (Lipinski definition) is 3. The summed E-state index contributed by atoms with van der Waals surface area (Å²) in [5, 5.41) is 14.8. The molecule has 1 aliphatic heterocycles. The minimum absolute atomic E-state index is 0.0443. The molecule has 0 bridgehead atoms.